The van der Waals surface area contributed by atoms with Gasteiger partial charge in [-0.1, -0.05) is 18.7 Å². The lowest BCUT2D eigenvalue weighted by Crippen LogP contribution is -2.09. The Labute approximate surface area is 127 Å². The Morgan fingerprint density at radius 2 is 2.00 bits per heavy atom. The zero-order chi connectivity index (χ0) is 15.3. The van der Waals surface area contributed by atoms with Crippen LogP contribution < -0.4 is 0 Å². The van der Waals surface area contributed by atoms with E-state index in [2.05, 4.69) is 15.5 Å². The van der Waals surface area contributed by atoms with Crippen molar-refractivity contribution in [2.24, 2.45) is 0 Å². The lowest BCUT2D eigenvalue weighted by molar-refractivity contribution is 0.475. The zero-order valence-corrected chi connectivity index (χ0v) is 13.1. The molecule has 1 aromatic carbocycles. The molecule has 0 radical (unpaired) electrons. The summed E-state index contributed by atoms with van der Waals surface area (Å²) in [6.07, 6.45) is 0.559. The molecule has 0 atom stereocenters. The van der Waals surface area contributed by atoms with Crippen LogP contribution in [-0.2, 0) is 9.84 Å². The van der Waals surface area contributed by atoms with Gasteiger partial charge in [0.2, 0.25) is 5.16 Å². The average molecular weight is 328 g/mol. The van der Waals surface area contributed by atoms with Crippen LogP contribution in [0.4, 0.5) is 0 Å². The molecule has 0 amide bonds. The van der Waals surface area contributed by atoms with Crippen molar-refractivity contribution in [3.8, 4) is 11.4 Å². The van der Waals surface area contributed by atoms with E-state index in [0.717, 1.165) is 5.69 Å². The van der Waals surface area contributed by atoms with Crippen LogP contribution >= 0.6 is 11.8 Å². The SMILES string of the molecule is CCS(=O)(=O)CCCSc1nnnn1-c1ccc(O)cc1. The summed E-state index contributed by atoms with van der Waals surface area (Å²) in [5.41, 5.74) is 0.737. The van der Waals surface area contributed by atoms with E-state index < -0.39 is 9.84 Å². The van der Waals surface area contributed by atoms with Gasteiger partial charge in [-0.05, 0) is 41.1 Å². The Morgan fingerprint density at radius 3 is 2.67 bits per heavy atom. The summed E-state index contributed by atoms with van der Waals surface area (Å²) in [4.78, 5) is 0. The van der Waals surface area contributed by atoms with Crippen LogP contribution in [0.15, 0.2) is 29.4 Å². The molecule has 114 valence electrons. The van der Waals surface area contributed by atoms with Crippen molar-refractivity contribution in [2.75, 3.05) is 17.3 Å². The number of nitrogens with zero attached hydrogens (tertiary/aromatic N) is 4. The fraction of sp³-hybridized carbons (Fsp3) is 0.417. The maximum atomic E-state index is 11.4. The maximum Gasteiger partial charge on any atom is 0.214 e. The topological polar surface area (TPSA) is 98.0 Å². The molecule has 0 unspecified atom stereocenters. The number of tetrazole rings is 1. The van der Waals surface area contributed by atoms with Crippen LogP contribution in [0.3, 0.4) is 0 Å². The van der Waals surface area contributed by atoms with Gasteiger partial charge in [-0.25, -0.2) is 8.42 Å². The molecule has 0 spiro atoms. The van der Waals surface area contributed by atoms with Crippen LogP contribution in [0.5, 0.6) is 5.75 Å². The molecular weight excluding hydrogens is 312 g/mol. The Bertz CT molecular complexity index is 683. The number of phenols is 1. The molecule has 1 aromatic heterocycles. The van der Waals surface area contributed by atoms with Crippen molar-refractivity contribution in [1.82, 2.24) is 20.2 Å². The maximum absolute atomic E-state index is 11.4. The van der Waals surface area contributed by atoms with Gasteiger partial charge in [-0.3, -0.25) is 0 Å². The summed E-state index contributed by atoms with van der Waals surface area (Å²) >= 11 is 1.40. The van der Waals surface area contributed by atoms with Crippen molar-refractivity contribution in [3.05, 3.63) is 24.3 Å². The third-order valence-corrected chi connectivity index (χ3v) is 5.60. The summed E-state index contributed by atoms with van der Waals surface area (Å²) in [7, 11) is -2.93. The highest BCUT2D eigenvalue weighted by Gasteiger charge is 2.11. The van der Waals surface area contributed by atoms with E-state index in [1.165, 1.54) is 11.8 Å². The summed E-state index contributed by atoms with van der Waals surface area (Å²) in [6.45, 7) is 1.65. The Kier molecular flexibility index (Phi) is 5.18. The zero-order valence-electron chi connectivity index (χ0n) is 11.5. The first-order chi connectivity index (χ1) is 10.0. The average Bonchev–Trinajstić information content (AvgIpc) is 2.93. The first-order valence-corrected chi connectivity index (χ1v) is 9.23. The van der Waals surface area contributed by atoms with Crippen molar-refractivity contribution < 1.29 is 13.5 Å². The number of hydrogen-bond acceptors (Lipinski definition) is 7. The molecule has 21 heavy (non-hydrogen) atoms. The lowest BCUT2D eigenvalue weighted by atomic mass is 10.3. The van der Waals surface area contributed by atoms with E-state index in [0.29, 0.717) is 17.3 Å². The minimum absolute atomic E-state index is 0.170. The smallest absolute Gasteiger partial charge is 0.214 e. The fourth-order valence-corrected chi connectivity index (χ4v) is 3.50. The predicted octanol–water partition coefficient (Wildman–Crippen LogP) is 1.28. The number of phenolic OH excluding ortho intramolecular Hbond substituents is 1. The van der Waals surface area contributed by atoms with Crippen LogP contribution in [-0.4, -0.2) is 51.0 Å². The van der Waals surface area contributed by atoms with E-state index in [1.807, 2.05) is 0 Å². The van der Waals surface area contributed by atoms with Crippen LogP contribution in [0.2, 0.25) is 0 Å². The van der Waals surface area contributed by atoms with Gasteiger partial charge in [-0.2, -0.15) is 4.68 Å². The van der Waals surface area contributed by atoms with E-state index in [-0.39, 0.29) is 17.3 Å². The van der Waals surface area contributed by atoms with Crippen molar-refractivity contribution >= 4 is 21.6 Å². The van der Waals surface area contributed by atoms with Gasteiger partial charge in [-0.15, -0.1) is 5.10 Å². The van der Waals surface area contributed by atoms with E-state index in [1.54, 1.807) is 35.9 Å². The van der Waals surface area contributed by atoms with Crippen molar-refractivity contribution in [2.45, 2.75) is 18.5 Å². The fourth-order valence-electron chi connectivity index (χ4n) is 1.61. The molecule has 0 aliphatic heterocycles. The molecule has 1 N–H and O–H groups in total. The molecule has 0 bridgehead atoms. The molecule has 9 heteroatoms. The summed E-state index contributed by atoms with van der Waals surface area (Å²) in [5, 5.41) is 21.3. The highest BCUT2D eigenvalue weighted by molar-refractivity contribution is 7.99. The van der Waals surface area contributed by atoms with Crippen molar-refractivity contribution in [1.29, 1.82) is 0 Å². The summed E-state index contributed by atoms with van der Waals surface area (Å²) < 4.78 is 24.4. The Morgan fingerprint density at radius 1 is 1.29 bits per heavy atom. The van der Waals surface area contributed by atoms with Crippen molar-refractivity contribution in [3.63, 3.8) is 0 Å². The molecule has 2 rings (SSSR count). The van der Waals surface area contributed by atoms with Crippen LogP contribution in [0.25, 0.3) is 5.69 Å². The summed E-state index contributed by atoms with van der Waals surface area (Å²) in [6, 6.07) is 6.52. The predicted molar refractivity (Wildman–Crippen MR) is 80.5 cm³/mol. The molecular formula is C12H16N4O3S2. The minimum atomic E-state index is -2.93. The number of benzene rings is 1. The second-order valence-corrected chi connectivity index (χ2v) is 7.86. The number of hydrogen-bond donors (Lipinski definition) is 1. The van der Waals surface area contributed by atoms with Gasteiger partial charge in [0.1, 0.15) is 15.6 Å². The molecule has 0 fully saturated rings. The summed E-state index contributed by atoms with van der Waals surface area (Å²) in [5.74, 6) is 1.14. The highest BCUT2D eigenvalue weighted by atomic mass is 32.2. The minimum Gasteiger partial charge on any atom is -0.508 e. The van der Waals surface area contributed by atoms with E-state index >= 15 is 0 Å². The van der Waals surface area contributed by atoms with Crippen LogP contribution in [0.1, 0.15) is 13.3 Å². The van der Waals surface area contributed by atoms with Gasteiger partial charge < -0.3 is 5.11 Å². The second-order valence-electron chi connectivity index (χ2n) is 4.33. The lowest BCUT2D eigenvalue weighted by Gasteiger charge is -2.04. The largest absolute Gasteiger partial charge is 0.508 e. The van der Waals surface area contributed by atoms with E-state index in [4.69, 9.17) is 0 Å². The Hall–Kier alpha value is -1.61. The van der Waals surface area contributed by atoms with Gasteiger partial charge in [0, 0.05) is 11.5 Å². The number of aromatic hydroxyl groups is 1. The molecule has 0 aliphatic carbocycles. The standard InChI is InChI=1S/C12H16N4O3S2/c1-2-21(18,19)9-3-8-20-12-13-14-15-16(12)10-4-6-11(17)7-5-10/h4-7,17H,2-3,8-9H2,1H3. The first kappa shape index (κ1) is 15.8. The van der Waals surface area contributed by atoms with Gasteiger partial charge in [0.15, 0.2) is 0 Å². The molecule has 0 saturated carbocycles. The third-order valence-electron chi connectivity index (χ3n) is 2.81. The second kappa shape index (κ2) is 6.90. The molecule has 7 nitrogen and oxygen atoms in total. The van der Waals surface area contributed by atoms with Crippen LogP contribution in [0, 0.1) is 0 Å². The number of thioether (sulfide) groups is 1. The number of rotatable bonds is 7. The normalized spacial score (nSPS) is 11.7. The molecule has 0 aliphatic rings. The van der Waals surface area contributed by atoms with Gasteiger partial charge in [0.25, 0.3) is 0 Å². The Balaban J connectivity index is 1.96. The monoisotopic (exact) mass is 328 g/mol. The molecule has 1 heterocycles. The quantitative estimate of drug-likeness (QED) is 0.604. The third kappa shape index (κ3) is 4.43. The van der Waals surface area contributed by atoms with Gasteiger partial charge >= 0.3 is 0 Å². The number of aromatic nitrogens is 4. The van der Waals surface area contributed by atoms with Gasteiger partial charge in [0.05, 0.1) is 11.4 Å². The molecule has 0 saturated heterocycles. The van der Waals surface area contributed by atoms with E-state index in [9.17, 15) is 13.5 Å². The highest BCUT2D eigenvalue weighted by Crippen LogP contribution is 2.20. The first-order valence-electron chi connectivity index (χ1n) is 6.43. The number of sulfone groups is 1. The molecule has 2 aromatic rings.